The van der Waals surface area contributed by atoms with Crippen molar-refractivity contribution in [2.24, 2.45) is 0 Å². The zero-order valence-electron chi connectivity index (χ0n) is 24.0. The first-order valence-corrected chi connectivity index (χ1v) is 15.1. The Morgan fingerprint density at radius 3 is 2.53 bits per heavy atom. The van der Waals surface area contributed by atoms with Gasteiger partial charge in [-0.25, -0.2) is 18.7 Å². The second-order valence-electron chi connectivity index (χ2n) is 12.4. The number of hydrogen-bond acceptors (Lipinski definition) is 8. The molecule has 2 unspecified atom stereocenters. The first-order valence-electron chi connectivity index (χ1n) is 15.1. The SMILES string of the molecule is O=C(/C=C/CN1CCC(O)(CNc2ccc(-c3cc4c(N5C6CCC5COC6)ncnc4[nH]3)cc2)CC1)N1CC(F)(F)C1. The molecule has 4 fully saturated rings. The summed E-state index contributed by atoms with van der Waals surface area (Å²) in [5.41, 5.74) is 2.95. The number of aliphatic hydroxyl groups is 1. The van der Waals surface area contributed by atoms with E-state index in [2.05, 4.69) is 48.3 Å². The van der Waals surface area contributed by atoms with Crippen molar-refractivity contribution in [3.05, 3.63) is 48.8 Å². The van der Waals surface area contributed by atoms with Gasteiger partial charge in [0.2, 0.25) is 5.91 Å². The Morgan fingerprint density at radius 1 is 1.12 bits per heavy atom. The molecule has 10 nitrogen and oxygen atoms in total. The van der Waals surface area contributed by atoms with Crippen LogP contribution in [0.5, 0.6) is 0 Å². The van der Waals surface area contributed by atoms with Crippen molar-refractivity contribution >= 4 is 28.4 Å². The van der Waals surface area contributed by atoms with Gasteiger partial charge in [-0.15, -0.1) is 0 Å². The standard InChI is InChI=1S/C31H37F2N7O3/c32-31(33)18-39(19-31)27(41)2-1-11-38-12-9-30(42,10-13-38)17-34-22-5-3-21(4-6-22)26-14-25-28(37-26)35-20-36-29(25)40-23-7-8-24(40)16-43-15-23/h1-6,14,20,23-24,34,42H,7-13,15-19H2,(H,35,36,37)/b2-1+. The third-order valence-corrected chi connectivity index (χ3v) is 9.27. The summed E-state index contributed by atoms with van der Waals surface area (Å²) < 4.78 is 31.7. The van der Waals surface area contributed by atoms with Gasteiger partial charge in [0.05, 0.1) is 49.4 Å². The highest BCUT2D eigenvalue weighted by atomic mass is 19.3. The lowest BCUT2D eigenvalue weighted by Gasteiger charge is -2.38. The summed E-state index contributed by atoms with van der Waals surface area (Å²) in [6, 6.07) is 11.0. The zero-order chi connectivity index (χ0) is 29.6. The zero-order valence-corrected chi connectivity index (χ0v) is 24.0. The topological polar surface area (TPSA) is 110 Å². The van der Waals surface area contributed by atoms with Gasteiger partial charge in [-0.3, -0.25) is 9.69 Å². The molecule has 43 heavy (non-hydrogen) atoms. The fraction of sp³-hybridized carbons (Fsp3) is 0.516. The molecule has 0 radical (unpaired) electrons. The molecule has 4 aliphatic heterocycles. The second-order valence-corrected chi connectivity index (χ2v) is 12.4. The van der Waals surface area contributed by atoms with Crippen molar-refractivity contribution in [1.29, 1.82) is 0 Å². The lowest BCUT2D eigenvalue weighted by molar-refractivity contribution is -0.160. The molecular formula is C31H37F2N7O3. The van der Waals surface area contributed by atoms with Crippen LogP contribution in [-0.2, 0) is 9.53 Å². The number of hydrogen-bond donors (Lipinski definition) is 3. The van der Waals surface area contributed by atoms with Crippen LogP contribution in [0.3, 0.4) is 0 Å². The Balaban J connectivity index is 0.919. The van der Waals surface area contributed by atoms with Crippen LogP contribution in [-0.4, -0.2) is 112 Å². The lowest BCUT2D eigenvalue weighted by Crippen LogP contribution is -2.58. The summed E-state index contributed by atoms with van der Waals surface area (Å²) in [6.45, 7) is 2.85. The second kappa shape index (κ2) is 11.1. The van der Waals surface area contributed by atoms with Gasteiger partial charge in [-0.1, -0.05) is 18.2 Å². The van der Waals surface area contributed by atoms with E-state index >= 15 is 0 Å². The third kappa shape index (κ3) is 5.83. The number of H-pyrrole nitrogens is 1. The molecule has 0 aliphatic carbocycles. The number of benzene rings is 1. The van der Waals surface area contributed by atoms with E-state index < -0.39 is 24.6 Å². The van der Waals surface area contributed by atoms with E-state index in [4.69, 9.17) is 4.74 Å². The van der Waals surface area contributed by atoms with E-state index in [1.165, 1.54) is 6.08 Å². The molecule has 1 aromatic carbocycles. The number of halogens is 2. The molecule has 7 rings (SSSR count). The number of carbonyl (C=O) groups is 1. The average molecular weight is 594 g/mol. The van der Waals surface area contributed by atoms with Crippen LogP contribution in [0.1, 0.15) is 25.7 Å². The maximum atomic E-state index is 13.0. The molecule has 3 aromatic rings. The van der Waals surface area contributed by atoms with E-state index in [9.17, 15) is 18.7 Å². The van der Waals surface area contributed by atoms with Gasteiger partial charge >= 0.3 is 0 Å². The number of amides is 1. The Kier molecular flexibility index (Phi) is 7.30. The van der Waals surface area contributed by atoms with Crippen molar-refractivity contribution < 1.29 is 23.4 Å². The fourth-order valence-electron chi connectivity index (χ4n) is 6.70. The Hall–Kier alpha value is -3.61. The predicted octanol–water partition coefficient (Wildman–Crippen LogP) is 3.27. The number of aromatic amines is 1. The average Bonchev–Trinajstić information content (AvgIpc) is 3.53. The van der Waals surface area contributed by atoms with Crippen LogP contribution in [0.25, 0.3) is 22.3 Å². The maximum Gasteiger partial charge on any atom is 0.282 e. The largest absolute Gasteiger partial charge is 0.388 e. The molecule has 228 valence electrons. The Morgan fingerprint density at radius 2 is 1.84 bits per heavy atom. The van der Waals surface area contributed by atoms with Gasteiger partial charge in [-0.05, 0) is 49.4 Å². The van der Waals surface area contributed by atoms with Crippen LogP contribution < -0.4 is 10.2 Å². The smallest absolute Gasteiger partial charge is 0.282 e. The molecule has 12 heteroatoms. The molecular weight excluding hydrogens is 556 g/mol. The number of piperidine rings is 1. The number of alkyl halides is 2. The quantitative estimate of drug-likeness (QED) is 0.342. The minimum atomic E-state index is -2.75. The number of anilines is 2. The highest BCUT2D eigenvalue weighted by Gasteiger charge is 2.45. The summed E-state index contributed by atoms with van der Waals surface area (Å²) in [5.74, 6) is -2.15. The van der Waals surface area contributed by atoms with Gasteiger partial charge < -0.3 is 29.9 Å². The molecule has 0 saturated carbocycles. The number of likely N-dealkylation sites (tertiary alicyclic amines) is 2. The first-order chi connectivity index (χ1) is 20.8. The minimum Gasteiger partial charge on any atom is -0.388 e. The number of carbonyl (C=O) groups excluding carboxylic acids is 1. The molecule has 2 bridgehead atoms. The van der Waals surface area contributed by atoms with E-state index in [-0.39, 0.29) is 5.91 Å². The molecule has 4 saturated heterocycles. The molecule has 6 heterocycles. The van der Waals surface area contributed by atoms with Crippen LogP contribution in [0.2, 0.25) is 0 Å². The summed E-state index contributed by atoms with van der Waals surface area (Å²) in [6.07, 6.45) is 8.17. The number of fused-ring (bicyclic) bond motifs is 3. The van der Waals surface area contributed by atoms with E-state index in [1.54, 1.807) is 12.4 Å². The fourth-order valence-corrected chi connectivity index (χ4v) is 6.70. The number of morpholine rings is 1. The molecule has 2 atom stereocenters. The van der Waals surface area contributed by atoms with E-state index in [0.717, 1.165) is 64.8 Å². The molecule has 1 amide bonds. The first kappa shape index (κ1) is 28.2. The number of nitrogens with one attached hydrogen (secondary N) is 2. The van der Waals surface area contributed by atoms with Gasteiger partial charge in [0.1, 0.15) is 17.8 Å². The number of ether oxygens (including phenoxy) is 1. The molecule has 4 aliphatic rings. The van der Waals surface area contributed by atoms with Gasteiger partial charge in [0, 0.05) is 43.6 Å². The van der Waals surface area contributed by atoms with Crippen LogP contribution in [0.4, 0.5) is 20.3 Å². The van der Waals surface area contributed by atoms with Crippen LogP contribution in [0, 0.1) is 0 Å². The van der Waals surface area contributed by atoms with Crippen molar-refractivity contribution in [2.45, 2.75) is 49.3 Å². The number of aromatic nitrogens is 3. The van der Waals surface area contributed by atoms with Gasteiger partial charge in [-0.2, -0.15) is 0 Å². The van der Waals surface area contributed by atoms with Gasteiger partial charge in [0.25, 0.3) is 5.92 Å². The molecule has 3 N–H and O–H groups in total. The normalized spacial score (nSPS) is 24.9. The Labute approximate surface area is 248 Å². The summed E-state index contributed by atoms with van der Waals surface area (Å²) in [4.78, 5) is 30.3. The maximum absolute atomic E-state index is 13.0. The minimum absolute atomic E-state index is 0.366. The molecule has 0 spiro atoms. The summed E-state index contributed by atoms with van der Waals surface area (Å²) in [5, 5.41) is 15.6. The molecule has 2 aromatic heterocycles. The number of rotatable bonds is 8. The predicted molar refractivity (Wildman–Crippen MR) is 159 cm³/mol. The highest BCUT2D eigenvalue weighted by molar-refractivity contribution is 5.92. The van der Waals surface area contributed by atoms with Crippen molar-refractivity contribution in [3.8, 4) is 11.3 Å². The number of nitrogens with zero attached hydrogens (tertiary/aromatic N) is 5. The summed E-state index contributed by atoms with van der Waals surface area (Å²) >= 11 is 0. The van der Waals surface area contributed by atoms with E-state index in [0.29, 0.717) is 51.1 Å². The summed E-state index contributed by atoms with van der Waals surface area (Å²) in [7, 11) is 0. The van der Waals surface area contributed by atoms with Crippen molar-refractivity contribution in [3.63, 3.8) is 0 Å². The van der Waals surface area contributed by atoms with Crippen molar-refractivity contribution in [2.75, 3.05) is 62.7 Å². The van der Waals surface area contributed by atoms with E-state index in [1.807, 2.05) is 12.1 Å². The monoisotopic (exact) mass is 593 g/mol. The Bertz CT molecular complexity index is 1480. The third-order valence-electron chi connectivity index (χ3n) is 9.27. The van der Waals surface area contributed by atoms with Crippen LogP contribution >= 0.6 is 0 Å². The lowest BCUT2D eigenvalue weighted by atomic mass is 9.91. The van der Waals surface area contributed by atoms with Gasteiger partial charge in [0.15, 0.2) is 0 Å². The van der Waals surface area contributed by atoms with Crippen molar-refractivity contribution in [1.82, 2.24) is 24.8 Å². The van der Waals surface area contributed by atoms with Crippen LogP contribution in [0.15, 0.2) is 48.8 Å². The highest BCUT2D eigenvalue weighted by Crippen LogP contribution is 2.37.